The van der Waals surface area contributed by atoms with Crippen LogP contribution in [0.15, 0.2) is 60.7 Å². The maximum Gasteiger partial charge on any atom is 0.206 e. The molecule has 1 fully saturated rings. The molecular weight excluding hydrogens is 368 g/mol. The van der Waals surface area contributed by atoms with Gasteiger partial charge in [-0.2, -0.15) is 0 Å². The molecule has 6 unspecified atom stereocenters. The summed E-state index contributed by atoms with van der Waals surface area (Å²) >= 11 is 0. The Morgan fingerprint density at radius 1 is 1.07 bits per heavy atom. The number of ether oxygens (including phenoxy) is 2. The van der Waals surface area contributed by atoms with Crippen LogP contribution >= 0.6 is 0 Å². The van der Waals surface area contributed by atoms with Crippen molar-refractivity contribution in [2.24, 2.45) is 17.3 Å². The molecule has 0 amide bonds. The Labute approximate surface area is 181 Å². The van der Waals surface area contributed by atoms with Crippen LogP contribution in [0.1, 0.15) is 75.2 Å². The first-order valence-electron chi connectivity index (χ1n) is 11.7. The summed E-state index contributed by atoms with van der Waals surface area (Å²) in [6.45, 7) is 6.89. The molecule has 0 N–H and O–H groups in total. The minimum Gasteiger partial charge on any atom is -0.464 e. The molecule has 0 aromatic heterocycles. The summed E-state index contributed by atoms with van der Waals surface area (Å²) in [5, 5.41) is 0. The van der Waals surface area contributed by atoms with E-state index in [2.05, 4.69) is 81.5 Å². The predicted octanol–water partition coefficient (Wildman–Crippen LogP) is 7.21. The van der Waals surface area contributed by atoms with Crippen LogP contribution in [0.25, 0.3) is 0 Å². The number of hydrogen-bond donors (Lipinski definition) is 0. The second kappa shape index (κ2) is 7.89. The summed E-state index contributed by atoms with van der Waals surface area (Å²) in [6.07, 6.45) is 10.4. The third-order valence-corrected chi connectivity index (χ3v) is 7.93. The van der Waals surface area contributed by atoms with Crippen molar-refractivity contribution >= 4 is 0 Å². The van der Waals surface area contributed by atoms with E-state index in [0.29, 0.717) is 17.8 Å². The minimum atomic E-state index is -0.233. The van der Waals surface area contributed by atoms with Crippen molar-refractivity contribution in [1.82, 2.24) is 0 Å². The van der Waals surface area contributed by atoms with Crippen molar-refractivity contribution < 1.29 is 9.47 Å². The van der Waals surface area contributed by atoms with Crippen molar-refractivity contribution in [3.05, 3.63) is 77.4 Å². The van der Waals surface area contributed by atoms with E-state index in [1.165, 1.54) is 23.1 Å². The number of hydrogen-bond acceptors (Lipinski definition) is 2. The van der Waals surface area contributed by atoms with Crippen LogP contribution in [0.4, 0.5) is 0 Å². The molecule has 2 bridgehead atoms. The van der Waals surface area contributed by atoms with Crippen LogP contribution in [0.2, 0.25) is 0 Å². The molecule has 0 saturated heterocycles. The molecule has 2 aromatic rings. The monoisotopic (exact) mass is 402 g/mol. The van der Waals surface area contributed by atoms with Crippen LogP contribution < -0.4 is 4.74 Å². The maximum absolute atomic E-state index is 6.82. The SMILES string of the molecule is CCC(C)c1ccc(OC(OC2CCc3ccccc32)C2(C)CC3C=CC2C3)cc1. The van der Waals surface area contributed by atoms with E-state index in [0.717, 1.165) is 31.4 Å². The lowest BCUT2D eigenvalue weighted by molar-refractivity contribution is -0.189. The highest BCUT2D eigenvalue weighted by molar-refractivity contribution is 5.34. The van der Waals surface area contributed by atoms with E-state index in [-0.39, 0.29) is 17.8 Å². The molecule has 6 atom stereocenters. The van der Waals surface area contributed by atoms with E-state index in [1.807, 2.05) is 0 Å². The van der Waals surface area contributed by atoms with Crippen molar-refractivity contribution in [1.29, 1.82) is 0 Å². The predicted molar refractivity (Wildman–Crippen MR) is 122 cm³/mol. The van der Waals surface area contributed by atoms with Crippen LogP contribution in [-0.4, -0.2) is 6.29 Å². The van der Waals surface area contributed by atoms with E-state index in [1.54, 1.807) is 0 Å². The van der Waals surface area contributed by atoms with Gasteiger partial charge in [-0.25, -0.2) is 0 Å². The highest BCUT2D eigenvalue weighted by Gasteiger charge is 2.52. The molecule has 158 valence electrons. The van der Waals surface area contributed by atoms with E-state index in [4.69, 9.17) is 9.47 Å². The zero-order valence-electron chi connectivity index (χ0n) is 18.5. The lowest BCUT2D eigenvalue weighted by Crippen LogP contribution is -2.42. The molecule has 1 saturated carbocycles. The number of aryl methyl sites for hydroxylation is 1. The lowest BCUT2D eigenvalue weighted by atomic mass is 9.76. The van der Waals surface area contributed by atoms with Crippen LogP contribution in [-0.2, 0) is 11.2 Å². The molecule has 5 rings (SSSR count). The Morgan fingerprint density at radius 2 is 1.87 bits per heavy atom. The fraction of sp³-hybridized carbons (Fsp3) is 0.500. The molecule has 2 nitrogen and oxygen atoms in total. The summed E-state index contributed by atoms with van der Waals surface area (Å²) in [7, 11) is 0. The Bertz CT molecular complexity index is 914. The quantitative estimate of drug-likeness (QED) is 0.360. The lowest BCUT2D eigenvalue weighted by Gasteiger charge is -2.40. The van der Waals surface area contributed by atoms with Gasteiger partial charge in [-0.15, -0.1) is 0 Å². The zero-order valence-corrected chi connectivity index (χ0v) is 18.5. The Morgan fingerprint density at radius 3 is 2.57 bits per heavy atom. The van der Waals surface area contributed by atoms with E-state index >= 15 is 0 Å². The first kappa shape index (κ1) is 19.9. The number of fused-ring (bicyclic) bond motifs is 3. The summed E-state index contributed by atoms with van der Waals surface area (Å²) in [6, 6.07) is 17.4. The Balaban J connectivity index is 1.40. The topological polar surface area (TPSA) is 18.5 Å². The molecule has 0 aliphatic heterocycles. The molecule has 3 aliphatic carbocycles. The van der Waals surface area contributed by atoms with Gasteiger partial charge >= 0.3 is 0 Å². The highest BCUT2D eigenvalue weighted by Crippen LogP contribution is 2.55. The van der Waals surface area contributed by atoms with Gasteiger partial charge in [-0.3, -0.25) is 0 Å². The molecule has 2 heteroatoms. The van der Waals surface area contributed by atoms with Gasteiger partial charge in [-0.05, 0) is 78.7 Å². The summed E-state index contributed by atoms with van der Waals surface area (Å²) in [5.41, 5.74) is 4.17. The second-order valence-corrected chi connectivity index (χ2v) is 9.89. The zero-order chi connectivity index (χ0) is 20.7. The third-order valence-electron chi connectivity index (χ3n) is 7.93. The molecular formula is C28H34O2. The largest absolute Gasteiger partial charge is 0.464 e. The van der Waals surface area contributed by atoms with Gasteiger partial charge < -0.3 is 9.47 Å². The second-order valence-electron chi connectivity index (χ2n) is 9.89. The van der Waals surface area contributed by atoms with Gasteiger partial charge in [0, 0.05) is 5.41 Å². The van der Waals surface area contributed by atoms with Gasteiger partial charge in [0.15, 0.2) is 0 Å². The van der Waals surface area contributed by atoms with Gasteiger partial charge in [0.2, 0.25) is 6.29 Å². The van der Waals surface area contributed by atoms with Crippen molar-refractivity contribution in [3.63, 3.8) is 0 Å². The number of rotatable bonds is 7. The molecule has 0 heterocycles. The maximum atomic E-state index is 6.82. The molecule has 3 aliphatic rings. The van der Waals surface area contributed by atoms with Crippen LogP contribution in [0.3, 0.4) is 0 Å². The van der Waals surface area contributed by atoms with Gasteiger partial charge in [0.1, 0.15) is 5.75 Å². The first-order valence-corrected chi connectivity index (χ1v) is 11.7. The molecule has 0 radical (unpaired) electrons. The Kier molecular flexibility index (Phi) is 5.23. The summed E-state index contributed by atoms with van der Waals surface area (Å²) in [5.74, 6) is 2.72. The minimum absolute atomic E-state index is 0.0202. The van der Waals surface area contributed by atoms with Gasteiger partial charge in [0.25, 0.3) is 0 Å². The summed E-state index contributed by atoms with van der Waals surface area (Å²) < 4.78 is 13.5. The first-order chi connectivity index (χ1) is 14.6. The van der Waals surface area contributed by atoms with Gasteiger partial charge in [-0.1, -0.05) is 69.3 Å². The van der Waals surface area contributed by atoms with Crippen LogP contribution in [0.5, 0.6) is 5.75 Å². The molecule has 2 aromatic carbocycles. The molecule has 30 heavy (non-hydrogen) atoms. The van der Waals surface area contributed by atoms with E-state index in [9.17, 15) is 0 Å². The Hall–Kier alpha value is -2.06. The average molecular weight is 403 g/mol. The van der Waals surface area contributed by atoms with Crippen molar-refractivity contribution in [2.45, 2.75) is 71.2 Å². The number of benzene rings is 2. The third kappa shape index (κ3) is 3.50. The molecule has 0 spiro atoms. The standard InChI is InChI=1S/C28H34O2/c1-4-19(2)21-10-14-24(15-11-21)29-27(28(3)18-20-9-13-23(28)17-20)30-26-16-12-22-7-5-6-8-25(22)26/h5-11,13-15,19-20,23,26-27H,4,12,16-18H2,1-3H3. The highest BCUT2D eigenvalue weighted by atomic mass is 16.7. The fourth-order valence-corrected chi connectivity index (χ4v) is 5.76. The fourth-order valence-electron chi connectivity index (χ4n) is 5.76. The smallest absolute Gasteiger partial charge is 0.206 e. The van der Waals surface area contributed by atoms with Crippen molar-refractivity contribution in [2.75, 3.05) is 0 Å². The van der Waals surface area contributed by atoms with Gasteiger partial charge in [0.05, 0.1) is 6.10 Å². The number of allylic oxidation sites excluding steroid dienone is 2. The van der Waals surface area contributed by atoms with E-state index < -0.39 is 0 Å². The average Bonchev–Trinajstić information content (AvgIpc) is 3.48. The van der Waals surface area contributed by atoms with Crippen LogP contribution in [0, 0.1) is 17.3 Å². The normalized spacial score (nSPS) is 31.0. The summed E-state index contributed by atoms with van der Waals surface area (Å²) in [4.78, 5) is 0. The van der Waals surface area contributed by atoms with Crippen molar-refractivity contribution in [3.8, 4) is 5.75 Å².